The van der Waals surface area contributed by atoms with E-state index in [1.165, 1.54) is 6.08 Å². The summed E-state index contributed by atoms with van der Waals surface area (Å²) in [5.74, 6) is 0. The minimum absolute atomic E-state index is 0.771. The van der Waals surface area contributed by atoms with Crippen LogP contribution in [0.2, 0.25) is 0 Å². The predicted octanol–water partition coefficient (Wildman–Crippen LogP) is 1.61. The Bertz CT molecular complexity index is 398. The van der Waals surface area contributed by atoms with Gasteiger partial charge in [-0.05, 0) is 12.2 Å². The van der Waals surface area contributed by atoms with Gasteiger partial charge in [0, 0.05) is 11.1 Å². The number of hydrogen-bond acceptors (Lipinski definition) is 3. The lowest BCUT2D eigenvalue weighted by molar-refractivity contribution is -0.104. The van der Waals surface area contributed by atoms with Crippen molar-refractivity contribution in [1.82, 2.24) is 9.38 Å². The van der Waals surface area contributed by atoms with E-state index in [0.29, 0.717) is 0 Å². The van der Waals surface area contributed by atoms with Gasteiger partial charge in [0.05, 0.1) is 12.5 Å². The quantitative estimate of drug-likeness (QED) is 0.517. The van der Waals surface area contributed by atoms with E-state index in [1.807, 2.05) is 10.6 Å². The molecule has 12 heavy (non-hydrogen) atoms. The first kappa shape index (κ1) is 7.24. The van der Waals surface area contributed by atoms with Crippen molar-refractivity contribution in [3.63, 3.8) is 0 Å². The van der Waals surface area contributed by atoms with Crippen molar-refractivity contribution in [2.24, 2.45) is 0 Å². The van der Waals surface area contributed by atoms with E-state index in [1.54, 1.807) is 29.9 Å². The van der Waals surface area contributed by atoms with E-state index in [-0.39, 0.29) is 0 Å². The summed E-state index contributed by atoms with van der Waals surface area (Å²) in [4.78, 5) is 16.1. The molecule has 2 aromatic rings. The van der Waals surface area contributed by atoms with Crippen LogP contribution in [0.4, 0.5) is 0 Å². The fraction of sp³-hybridized carbons (Fsp3) is 0. The van der Waals surface area contributed by atoms with E-state index in [4.69, 9.17) is 0 Å². The summed E-state index contributed by atoms with van der Waals surface area (Å²) in [6.45, 7) is 0. The molecular formula is C8H6N2OS. The third-order valence-corrected chi connectivity index (χ3v) is 2.46. The van der Waals surface area contributed by atoms with Gasteiger partial charge in [-0.3, -0.25) is 9.20 Å². The van der Waals surface area contributed by atoms with Gasteiger partial charge < -0.3 is 0 Å². The Morgan fingerprint density at radius 3 is 3.25 bits per heavy atom. The number of allylic oxidation sites excluding steroid dienone is 1. The highest BCUT2D eigenvalue weighted by Gasteiger charge is 1.96. The maximum atomic E-state index is 10.0. The number of rotatable bonds is 2. The first-order valence-electron chi connectivity index (χ1n) is 3.43. The molecule has 0 fully saturated rings. The van der Waals surface area contributed by atoms with Crippen molar-refractivity contribution in [2.75, 3.05) is 0 Å². The van der Waals surface area contributed by atoms with Crippen molar-refractivity contribution in [1.29, 1.82) is 0 Å². The monoisotopic (exact) mass is 178 g/mol. The Hall–Kier alpha value is -1.42. The van der Waals surface area contributed by atoms with E-state index in [0.717, 1.165) is 16.0 Å². The SMILES string of the molecule is O=C/C=C/c1cn2cncc2s1. The smallest absolute Gasteiger partial charge is 0.142 e. The molecule has 2 aromatic heterocycles. The topological polar surface area (TPSA) is 34.4 Å². The number of thiazole rings is 1. The van der Waals surface area contributed by atoms with Crippen molar-refractivity contribution in [3.05, 3.63) is 29.7 Å². The average molecular weight is 178 g/mol. The second-order valence-corrected chi connectivity index (χ2v) is 3.36. The summed E-state index contributed by atoms with van der Waals surface area (Å²) in [7, 11) is 0. The lowest BCUT2D eigenvalue weighted by Crippen LogP contribution is -1.69. The van der Waals surface area contributed by atoms with Crippen molar-refractivity contribution < 1.29 is 4.79 Å². The van der Waals surface area contributed by atoms with Crippen LogP contribution in [0.1, 0.15) is 4.88 Å². The van der Waals surface area contributed by atoms with E-state index in [2.05, 4.69) is 4.98 Å². The molecule has 2 heterocycles. The van der Waals surface area contributed by atoms with Gasteiger partial charge in [0.1, 0.15) is 11.1 Å². The average Bonchev–Trinajstić information content (AvgIpc) is 2.58. The van der Waals surface area contributed by atoms with Crippen molar-refractivity contribution >= 4 is 28.5 Å². The molecule has 0 aliphatic heterocycles. The molecule has 60 valence electrons. The number of aromatic nitrogens is 2. The van der Waals surface area contributed by atoms with Gasteiger partial charge in [-0.25, -0.2) is 4.98 Å². The third kappa shape index (κ3) is 1.16. The lowest BCUT2D eigenvalue weighted by atomic mass is 10.5. The summed E-state index contributed by atoms with van der Waals surface area (Å²) in [6, 6.07) is 0. The summed E-state index contributed by atoms with van der Waals surface area (Å²) in [5, 5.41) is 0. The predicted molar refractivity (Wildman–Crippen MR) is 48.2 cm³/mol. The first-order chi connectivity index (χ1) is 5.90. The Morgan fingerprint density at radius 2 is 2.50 bits per heavy atom. The Balaban J connectivity index is 2.44. The van der Waals surface area contributed by atoms with Crippen LogP contribution in [-0.4, -0.2) is 15.7 Å². The molecule has 0 unspecified atom stereocenters. The largest absolute Gasteiger partial charge is 0.299 e. The Morgan fingerprint density at radius 1 is 1.58 bits per heavy atom. The Kier molecular flexibility index (Phi) is 1.75. The van der Waals surface area contributed by atoms with Gasteiger partial charge >= 0.3 is 0 Å². The van der Waals surface area contributed by atoms with Crippen LogP contribution in [0.25, 0.3) is 10.9 Å². The highest BCUT2D eigenvalue weighted by molar-refractivity contribution is 7.18. The minimum Gasteiger partial charge on any atom is -0.299 e. The van der Waals surface area contributed by atoms with Crippen molar-refractivity contribution in [2.45, 2.75) is 0 Å². The number of fused-ring (bicyclic) bond motifs is 1. The highest BCUT2D eigenvalue weighted by Crippen LogP contribution is 2.17. The molecule has 0 amide bonds. The summed E-state index contributed by atoms with van der Waals surface area (Å²) in [5.41, 5.74) is 0. The first-order valence-corrected chi connectivity index (χ1v) is 4.25. The standard InChI is InChI=1S/C8H6N2OS/c11-3-1-2-7-5-10-6-9-4-8(10)12-7/h1-6H/b2-1+. The molecule has 0 saturated heterocycles. The summed E-state index contributed by atoms with van der Waals surface area (Å²) in [6.07, 6.45) is 9.51. The second-order valence-electron chi connectivity index (χ2n) is 2.27. The number of carbonyl (C=O) groups excluding carboxylic acids is 1. The molecule has 2 rings (SSSR count). The molecule has 0 saturated carbocycles. The van der Waals surface area contributed by atoms with Crippen LogP contribution in [0, 0.1) is 0 Å². The third-order valence-electron chi connectivity index (χ3n) is 1.46. The molecule has 0 N–H and O–H groups in total. The maximum Gasteiger partial charge on any atom is 0.142 e. The maximum absolute atomic E-state index is 10.0. The molecule has 0 aliphatic rings. The Labute approximate surface area is 73.0 Å². The van der Waals surface area contributed by atoms with Gasteiger partial charge in [-0.15, -0.1) is 11.3 Å². The number of imidazole rings is 1. The van der Waals surface area contributed by atoms with Crippen LogP contribution in [0.5, 0.6) is 0 Å². The van der Waals surface area contributed by atoms with Crippen LogP contribution in [0.15, 0.2) is 24.8 Å². The molecule has 0 bridgehead atoms. The molecule has 4 heteroatoms. The van der Waals surface area contributed by atoms with E-state index in [9.17, 15) is 4.79 Å². The molecule has 0 aromatic carbocycles. The zero-order chi connectivity index (χ0) is 8.39. The van der Waals surface area contributed by atoms with Crippen LogP contribution in [-0.2, 0) is 4.79 Å². The summed E-state index contributed by atoms with van der Waals surface area (Å²) < 4.78 is 1.93. The van der Waals surface area contributed by atoms with Crippen LogP contribution < -0.4 is 0 Å². The number of aldehydes is 1. The number of carbonyl (C=O) groups is 1. The van der Waals surface area contributed by atoms with Gasteiger partial charge in [0.2, 0.25) is 0 Å². The van der Waals surface area contributed by atoms with Gasteiger partial charge in [-0.1, -0.05) is 0 Å². The minimum atomic E-state index is 0.771. The number of hydrogen-bond donors (Lipinski definition) is 0. The summed E-state index contributed by atoms with van der Waals surface area (Å²) >= 11 is 1.60. The normalized spacial score (nSPS) is 11.3. The fourth-order valence-corrected chi connectivity index (χ4v) is 1.84. The zero-order valence-electron chi connectivity index (χ0n) is 6.18. The van der Waals surface area contributed by atoms with Gasteiger partial charge in [0.15, 0.2) is 0 Å². The molecule has 0 radical (unpaired) electrons. The zero-order valence-corrected chi connectivity index (χ0v) is 6.99. The fourth-order valence-electron chi connectivity index (χ4n) is 0.964. The lowest BCUT2D eigenvalue weighted by Gasteiger charge is -1.76. The molecule has 0 aliphatic carbocycles. The van der Waals surface area contributed by atoms with Crippen LogP contribution >= 0.6 is 11.3 Å². The van der Waals surface area contributed by atoms with E-state index >= 15 is 0 Å². The molecule has 0 atom stereocenters. The van der Waals surface area contributed by atoms with Crippen LogP contribution in [0.3, 0.4) is 0 Å². The van der Waals surface area contributed by atoms with E-state index < -0.39 is 0 Å². The highest BCUT2D eigenvalue weighted by atomic mass is 32.1. The molecular weight excluding hydrogens is 172 g/mol. The second kappa shape index (κ2) is 2.91. The molecule has 0 spiro atoms. The van der Waals surface area contributed by atoms with Gasteiger partial charge in [-0.2, -0.15) is 0 Å². The van der Waals surface area contributed by atoms with Crippen molar-refractivity contribution in [3.8, 4) is 0 Å². The number of nitrogens with zero attached hydrogens (tertiary/aromatic N) is 2. The van der Waals surface area contributed by atoms with Gasteiger partial charge in [0.25, 0.3) is 0 Å². The molecule has 3 nitrogen and oxygen atoms in total.